The minimum Gasteiger partial charge on any atom is -0.496 e. The standard InChI is InChI=1S/C24H26O7/c1-15(25)16-8-9-18(22(12-16)28-2)14-30-21-11-10-17(13-23(21)29-3)24(27)31-20-7-5-4-6-19(20)26/h8-13,20H,4-7,14H2,1-3H3/t20-/m0/s1. The number of benzene rings is 2. The quantitative estimate of drug-likeness (QED) is 0.463. The van der Waals surface area contributed by atoms with Crippen LogP contribution in [0, 0.1) is 0 Å². The van der Waals surface area contributed by atoms with Gasteiger partial charge in [0, 0.05) is 17.5 Å². The van der Waals surface area contributed by atoms with Crippen molar-refractivity contribution in [2.75, 3.05) is 14.2 Å². The molecule has 31 heavy (non-hydrogen) atoms. The number of Topliss-reactive ketones (excluding diaryl/α,β-unsaturated/α-hetero) is 2. The van der Waals surface area contributed by atoms with Gasteiger partial charge in [-0.2, -0.15) is 0 Å². The lowest BCUT2D eigenvalue weighted by Crippen LogP contribution is -2.30. The Labute approximate surface area is 181 Å². The van der Waals surface area contributed by atoms with Gasteiger partial charge in [0.2, 0.25) is 0 Å². The Hall–Kier alpha value is -3.35. The first-order chi connectivity index (χ1) is 14.9. The van der Waals surface area contributed by atoms with E-state index in [9.17, 15) is 14.4 Å². The smallest absolute Gasteiger partial charge is 0.338 e. The number of rotatable bonds is 8. The van der Waals surface area contributed by atoms with Crippen LogP contribution in [0.15, 0.2) is 36.4 Å². The van der Waals surface area contributed by atoms with E-state index in [0.717, 1.165) is 18.4 Å². The molecule has 1 aliphatic carbocycles. The van der Waals surface area contributed by atoms with Gasteiger partial charge < -0.3 is 18.9 Å². The van der Waals surface area contributed by atoms with Crippen molar-refractivity contribution in [3.05, 3.63) is 53.1 Å². The zero-order chi connectivity index (χ0) is 22.4. The van der Waals surface area contributed by atoms with Gasteiger partial charge in [0.25, 0.3) is 0 Å². The molecule has 0 bridgehead atoms. The normalized spacial score (nSPS) is 15.8. The van der Waals surface area contributed by atoms with Gasteiger partial charge in [-0.05, 0) is 50.5 Å². The highest BCUT2D eigenvalue weighted by Gasteiger charge is 2.26. The van der Waals surface area contributed by atoms with E-state index in [-0.39, 0.29) is 23.7 Å². The molecule has 0 aromatic heterocycles. The summed E-state index contributed by atoms with van der Waals surface area (Å²) in [6.45, 7) is 1.67. The zero-order valence-electron chi connectivity index (χ0n) is 17.9. The molecule has 0 spiro atoms. The molecule has 0 radical (unpaired) electrons. The third-order valence-electron chi connectivity index (χ3n) is 5.22. The fraction of sp³-hybridized carbons (Fsp3) is 0.375. The molecule has 0 unspecified atom stereocenters. The minimum absolute atomic E-state index is 0.0312. The largest absolute Gasteiger partial charge is 0.496 e. The first-order valence-corrected chi connectivity index (χ1v) is 10.1. The monoisotopic (exact) mass is 426 g/mol. The summed E-state index contributed by atoms with van der Waals surface area (Å²) in [5.41, 5.74) is 1.59. The summed E-state index contributed by atoms with van der Waals surface area (Å²) in [4.78, 5) is 35.9. The second kappa shape index (κ2) is 10.1. The van der Waals surface area contributed by atoms with Gasteiger partial charge in [-0.3, -0.25) is 9.59 Å². The molecular weight excluding hydrogens is 400 g/mol. The van der Waals surface area contributed by atoms with E-state index < -0.39 is 12.1 Å². The molecule has 7 nitrogen and oxygen atoms in total. The molecule has 2 aromatic rings. The van der Waals surface area contributed by atoms with Gasteiger partial charge in [-0.1, -0.05) is 12.1 Å². The molecule has 0 amide bonds. The summed E-state index contributed by atoms with van der Waals surface area (Å²) in [6, 6.07) is 9.88. The lowest BCUT2D eigenvalue weighted by Gasteiger charge is -2.21. The Bertz CT molecular complexity index is 980. The predicted octanol–water partition coefficient (Wildman–Crippen LogP) is 4.15. The van der Waals surface area contributed by atoms with E-state index in [1.54, 1.807) is 30.3 Å². The van der Waals surface area contributed by atoms with Crippen LogP contribution in [-0.4, -0.2) is 37.9 Å². The number of carbonyl (C=O) groups is 3. The lowest BCUT2D eigenvalue weighted by atomic mass is 9.96. The summed E-state index contributed by atoms with van der Waals surface area (Å²) in [6.07, 6.45) is 2.05. The number of carbonyl (C=O) groups excluding carboxylic acids is 3. The third-order valence-corrected chi connectivity index (χ3v) is 5.22. The first-order valence-electron chi connectivity index (χ1n) is 10.1. The van der Waals surface area contributed by atoms with Crippen molar-refractivity contribution in [2.24, 2.45) is 0 Å². The van der Waals surface area contributed by atoms with Crippen molar-refractivity contribution in [1.82, 2.24) is 0 Å². The Morgan fingerprint density at radius 1 is 0.935 bits per heavy atom. The van der Waals surface area contributed by atoms with Crippen LogP contribution in [0.3, 0.4) is 0 Å². The van der Waals surface area contributed by atoms with Crippen molar-refractivity contribution >= 4 is 17.5 Å². The van der Waals surface area contributed by atoms with Crippen LogP contribution in [0.4, 0.5) is 0 Å². The molecule has 1 aliphatic rings. The van der Waals surface area contributed by atoms with Crippen LogP contribution in [0.25, 0.3) is 0 Å². The highest BCUT2D eigenvalue weighted by Crippen LogP contribution is 2.31. The van der Waals surface area contributed by atoms with Crippen molar-refractivity contribution in [3.63, 3.8) is 0 Å². The maximum atomic E-state index is 12.5. The van der Waals surface area contributed by atoms with Gasteiger partial charge in [-0.25, -0.2) is 4.79 Å². The summed E-state index contributed by atoms with van der Waals surface area (Å²) in [5.74, 6) is 0.700. The Morgan fingerprint density at radius 2 is 1.65 bits per heavy atom. The molecule has 1 atom stereocenters. The number of methoxy groups -OCH3 is 2. The van der Waals surface area contributed by atoms with Crippen LogP contribution >= 0.6 is 0 Å². The van der Waals surface area contributed by atoms with Crippen molar-refractivity contribution in [1.29, 1.82) is 0 Å². The van der Waals surface area contributed by atoms with E-state index in [0.29, 0.717) is 35.7 Å². The Morgan fingerprint density at radius 3 is 2.32 bits per heavy atom. The highest BCUT2D eigenvalue weighted by molar-refractivity contribution is 5.94. The average molecular weight is 426 g/mol. The fourth-order valence-corrected chi connectivity index (χ4v) is 3.42. The van der Waals surface area contributed by atoms with E-state index in [4.69, 9.17) is 18.9 Å². The lowest BCUT2D eigenvalue weighted by molar-refractivity contribution is -0.129. The van der Waals surface area contributed by atoms with Gasteiger partial charge >= 0.3 is 5.97 Å². The van der Waals surface area contributed by atoms with Crippen LogP contribution in [-0.2, 0) is 16.1 Å². The second-order valence-electron chi connectivity index (χ2n) is 7.34. The number of esters is 1. The summed E-state index contributed by atoms with van der Waals surface area (Å²) >= 11 is 0. The fourth-order valence-electron chi connectivity index (χ4n) is 3.42. The van der Waals surface area contributed by atoms with Crippen LogP contribution in [0.1, 0.15) is 58.9 Å². The molecule has 0 heterocycles. The topological polar surface area (TPSA) is 88.1 Å². The number of hydrogen-bond acceptors (Lipinski definition) is 7. The summed E-state index contributed by atoms with van der Waals surface area (Å²) < 4.78 is 22.0. The number of ketones is 2. The summed E-state index contributed by atoms with van der Waals surface area (Å²) in [7, 11) is 3.00. The van der Waals surface area contributed by atoms with E-state index >= 15 is 0 Å². The maximum Gasteiger partial charge on any atom is 0.338 e. The second-order valence-corrected chi connectivity index (χ2v) is 7.34. The van der Waals surface area contributed by atoms with Crippen LogP contribution < -0.4 is 14.2 Å². The van der Waals surface area contributed by atoms with Crippen molar-refractivity contribution in [2.45, 2.75) is 45.3 Å². The molecular formula is C24H26O7. The maximum absolute atomic E-state index is 12.5. The van der Waals surface area contributed by atoms with E-state index in [2.05, 4.69) is 0 Å². The molecule has 164 valence electrons. The third kappa shape index (κ3) is 5.42. The molecule has 7 heteroatoms. The molecule has 3 rings (SSSR count). The molecule has 0 N–H and O–H groups in total. The number of hydrogen-bond donors (Lipinski definition) is 0. The highest BCUT2D eigenvalue weighted by atomic mass is 16.5. The van der Waals surface area contributed by atoms with Crippen LogP contribution in [0.5, 0.6) is 17.2 Å². The zero-order valence-corrected chi connectivity index (χ0v) is 17.9. The average Bonchev–Trinajstić information content (AvgIpc) is 2.78. The van der Waals surface area contributed by atoms with Gasteiger partial charge in [0.1, 0.15) is 12.4 Å². The van der Waals surface area contributed by atoms with E-state index in [1.807, 2.05) is 0 Å². The Balaban J connectivity index is 1.71. The first kappa shape index (κ1) is 22.3. The number of ether oxygens (including phenoxy) is 4. The van der Waals surface area contributed by atoms with Gasteiger partial charge in [-0.15, -0.1) is 0 Å². The van der Waals surface area contributed by atoms with Crippen molar-refractivity contribution < 1.29 is 33.3 Å². The van der Waals surface area contributed by atoms with E-state index in [1.165, 1.54) is 27.2 Å². The van der Waals surface area contributed by atoms with Gasteiger partial charge in [0.15, 0.2) is 29.2 Å². The SMILES string of the molecule is COc1cc(C(C)=O)ccc1COc1ccc(C(=O)O[C@H]2CCCCC2=O)cc1OC. The molecule has 2 aromatic carbocycles. The molecule has 1 fully saturated rings. The van der Waals surface area contributed by atoms with Gasteiger partial charge in [0.05, 0.1) is 19.8 Å². The Kier molecular flexibility index (Phi) is 7.28. The van der Waals surface area contributed by atoms with Crippen molar-refractivity contribution in [3.8, 4) is 17.2 Å². The predicted molar refractivity (Wildman–Crippen MR) is 113 cm³/mol. The van der Waals surface area contributed by atoms with Crippen LogP contribution in [0.2, 0.25) is 0 Å². The summed E-state index contributed by atoms with van der Waals surface area (Å²) in [5, 5.41) is 0. The molecule has 0 saturated heterocycles. The minimum atomic E-state index is -0.673. The molecule has 1 saturated carbocycles. The molecule has 0 aliphatic heterocycles.